The van der Waals surface area contributed by atoms with Gasteiger partial charge in [0.25, 0.3) is 5.91 Å². The number of pyridine rings is 1. The summed E-state index contributed by atoms with van der Waals surface area (Å²) in [7, 11) is 0. The number of fused-ring (bicyclic) bond motifs is 1. The predicted molar refractivity (Wildman–Crippen MR) is 119 cm³/mol. The number of nitrogens with two attached hydrogens (primary N) is 1. The van der Waals surface area contributed by atoms with Gasteiger partial charge in [-0.15, -0.1) is 0 Å². The highest BCUT2D eigenvalue weighted by molar-refractivity contribution is 7.77. The predicted octanol–water partition coefficient (Wildman–Crippen LogP) is 2.50. The molecular weight excluding hydrogens is 470 g/mol. The van der Waals surface area contributed by atoms with Crippen LogP contribution in [0.15, 0.2) is 48.9 Å². The number of imidazole rings is 1. The van der Waals surface area contributed by atoms with Crippen LogP contribution in [0.25, 0.3) is 5.65 Å². The third kappa shape index (κ3) is 5.11. The lowest BCUT2D eigenvalue weighted by molar-refractivity contribution is 0.102. The van der Waals surface area contributed by atoms with Crippen molar-refractivity contribution in [3.8, 4) is 5.75 Å². The van der Waals surface area contributed by atoms with Crippen LogP contribution in [0.5, 0.6) is 5.75 Å². The summed E-state index contributed by atoms with van der Waals surface area (Å²) in [5.74, 6) is -1.61. The standard InChI is InChI=1S/C21H20F2N6O4S/c1-13-19(21(30)27-14-10-25-28(11-14)8-9-33-34(24)31)29-7-3-6-18(20(29)26-13)32-12-15-16(22)4-2-5-17(15)23/h2-7,10-11H,8-9,12,24H2,1H3,(H,27,30). The Bertz CT molecular complexity index is 1350. The molecule has 178 valence electrons. The van der Waals surface area contributed by atoms with Crippen LogP contribution in [0.2, 0.25) is 0 Å². The average molecular weight is 490 g/mol. The first-order valence-electron chi connectivity index (χ1n) is 10.00. The van der Waals surface area contributed by atoms with Gasteiger partial charge in [0.05, 0.1) is 36.3 Å². The third-order valence-corrected chi connectivity index (χ3v) is 5.25. The second-order valence-corrected chi connectivity index (χ2v) is 7.89. The summed E-state index contributed by atoms with van der Waals surface area (Å²) >= 11 is -1.86. The number of carbonyl (C=O) groups excluding carboxylic acids is 1. The summed E-state index contributed by atoms with van der Waals surface area (Å²) in [5, 5.41) is 11.9. The van der Waals surface area contributed by atoms with Crippen molar-refractivity contribution >= 4 is 28.5 Å². The van der Waals surface area contributed by atoms with Crippen molar-refractivity contribution in [1.29, 1.82) is 0 Å². The van der Waals surface area contributed by atoms with Crippen molar-refractivity contribution in [3.05, 3.63) is 77.5 Å². The molecule has 0 radical (unpaired) electrons. The number of carbonyl (C=O) groups is 1. The number of aryl methyl sites for hydroxylation is 1. The summed E-state index contributed by atoms with van der Waals surface area (Å²) in [6.07, 6.45) is 4.67. The molecule has 1 unspecified atom stereocenters. The van der Waals surface area contributed by atoms with Gasteiger partial charge in [-0.1, -0.05) is 6.07 Å². The zero-order valence-electron chi connectivity index (χ0n) is 17.9. The molecule has 13 heteroatoms. The molecule has 4 aromatic rings. The van der Waals surface area contributed by atoms with Gasteiger partial charge in [0.15, 0.2) is 11.4 Å². The fourth-order valence-electron chi connectivity index (χ4n) is 3.32. The summed E-state index contributed by atoms with van der Waals surface area (Å²) < 4.78 is 52.0. The lowest BCUT2D eigenvalue weighted by atomic mass is 10.2. The summed E-state index contributed by atoms with van der Waals surface area (Å²) in [6.45, 7) is 1.70. The van der Waals surface area contributed by atoms with E-state index in [4.69, 9.17) is 14.1 Å². The quantitative estimate of drug-likeness (QED) is 0.371. The van der Waals surface area contributed by atoms with Crippen molar-refractivity contribution in [2.45, 2.75) is 20.1 Å². The van der Waals surface area contributed by atoms with Gasteiger partial charge in [-0.05, 0) is 31.2 Å². The van der Waals surface area contributed by atoms with Crippen molar-refractivity contribution < 1.29 is 26.7 Å². The molecule has 3 N–H and O–H groups in total. The Hall–Kier alpha value is -3.68. The first-order valence-corrected chi connectivity index (χ1v) is 11.1. The molecule has 3 aromatic heterocycles. The molecule has 0 aliphatic heterocycles. The third-order valence-electron chi connectivity index (χ3n) is 4.85. The van der Waals surface area contributed by atoms with E-state index in [1.807, 2.05) is 0 Å². The van der Waals surface area contributed by atoms with Crippen molar-refractivity contribution in [2.75, 3.05) is 11.9 Å². The fourth-order valence-corrected chi connectivity index (χ4v) is 3.55. The number of aromatic nitrogens is 4. The highest BCUT2D eigenvalue weighted by Gasteiger charge is 2.20. The number of amides is 1. The van der Waals surface area contributed by atoms with Crippen LogP contribution in [0.4, 0.5) is 14.5 Å². The molecule has 0 spiro atoms. The first kappa shape index (κ1) is 23.5. The van der Waals surface area contributed by atoms with E-state index >= 15 is 0 Å². The lowest BCUT2D eigenvalue weighted by Gasteiger charge is -2.09. The molecule has 34 heavy (non-hydrogen) atoms. The Morgan fingerprint density at radius 1 is 1.24 bits per heavy atom. The largest absolute Gasteiger partial charge is 0.485 e. The second kappa shape index (κ2) is 10.1. The van der Waals surface area contributed by atoms with E-state index in [2.05, 4.69) is 15.4 Å². The monoisotopic (exact) mass is 490 g/mol. The van der Waals surface area contributed by atoms with Crippen molar-refractivity contribution in [1.82, 2.24) is 19.2 Å². The molecule has 0 saturated carbocycles. The van der Waals surface area contributed by atoms with Crippen LogP contribution in [0.1, 0.15) is 21.7 Å². The first-order chi connectivity index (χ1) is 16.3. The zero-order valence-corrected chi connectivity index (χ0v) is 18.7. The molecule has 0 bridgehead atoms. The number of benzene rings is 1. The highest BCUT2D eigenvalue weighted by Crippen LogP contribution is 2.24. The van der Waals surface area contributed by atoms with E-state index in [9.17, 15) is 17.8 Å². The Morgan fingerprint density at radius 3 is 2.74 bits per heavy atom. The minimum Gasteiger partial charge on any atom is -0.485 e. The van der Waals surface area contributed by atoms with Crippen molar-refractivity contribution in [3.63, 3.8) is 0 Å². The SMILES string of the molecule is Cc1nc2c(OCc3c(F)cccc3F)cccn2c1C(=O)Nc1cnn(CCOS(N)=O)c1. The number of rotatable bonds is 9. The molecule has 1 amide bonds. The number of ether oxygens (including phenoxy) is 1. The molecule has 1 aromatic carbocycles. The van der Waals surface area contributed by atoms with Gasteiger partial charge in [-0.25, -0.2) is 23.1 Å². The average Bonchev–Trinajstić information content (AvgIpc) is 3.36. The Kier molecular flexibility index (Phi) is 6.95. The van der Waals surface area contributed by atoms with Gasteiger partial charge < -0.3 is 10.1 Å². The Balaban J connectivity index is 1.51. The number of hydrogen-bond acceptors (Lipinski definition) is 6. The molecule has 0 fully saturated rings. The van der Waals surface area contributed by atoms with Gasteiger partial charge >= 0.3 is 0 Å². The molecule has 0 aliphatic rings. The van der Waals surface area contributed by atoms with Crippen LogP contribution in [-0.4, -0.2) is 35.9 Å². The maximum atomic E-state index is 13.9. The van der Waals surface area contributed by atoms with E-state index in [0.717, 1.165) is 12.1 Å². The smallest absolute Gasteiger partial charge is 0.274 e. The minimum absolute atomic E-state index is 0.0874. The summed E-state index contributed by atoms with van der Waals surface area (Å²) in [5.41, 5.74) is 1.23. The lowest BCUT2D eigenvalue weighted by Crippen LogP contribution is -2.15. The number of nitrogens with zero attached hydrogens (tertiary/aromatic N) is 4. The van der Waals surface area contributed by atoms with E-state index in [1.54, 1.807) is 31.5 Å². The van der Waals surface area contributed by atoms with Gasteiger partial charge in [0.1, 0.15) is 23.9 Å². The molecule has 1 atom stereocenters. The summed E-state index contributed by atoms with van der Waals surface area (Å²) in [4.78, 5) is 17.4. The molecular formula is C21H20F2N6O4S. The highest BCUT2D eigenvalue weighted by atomic mass is 32.2. The van der Waals surface area contributed by atoms with Gasteiger partial charge in [0, 0.05) is 12.4 Å². The minimum atomic E-state index is -1.86. The van der Waals surface area contributed by atoms with E-state index in [1.165, 1.54) is 21.3 Å². The molecule has 0 saturated heterocycles. The van der Waals surface area contributed by atoms with Crippen LogP contribution in [-0.2, 0) is 28.6 Å². The maximum absolute atomic E-state index is 13.9. The van der Waals surface area contributed by atoms with E-state index in [0.29, 0.717) is 17.0 Å². The normalized spacial score (nSPS) is 12.1. The van der Waals surface area contributed by atoms with Crippen molar-refractivity contribution in [2.24, 2.45) is 5.14 Å². The van der Waals surface area contributed by atoms with Gasteiger partial charge in [-0.2, -0.15) is 5.10 Å². The van der Waals surface area contributed by atoms with Gasteiger partial charge in [-0.3, -0.25) is 18.1 Å². The van der Waals surface area contributed by atoms with E-state index < -0.39 is 28.8 Å². The molecule has 10 nitrogen and oxygen atoms in total. The van der Waals surface area contributed by atoms with Crippen LogP contribution in [0.3, 0.4) is 0 Å². The van der Waals surface area contributed by atoms with E-state index in [-0.39, 0.29) is 36.8 Å². The molecule has 4 rings (SSSR count). The van der Waals surface area contributed by atoms with Crippen LogP contribution < -0.4 is 15.2 Å². The maximum Gasteiger partial charge on any atom is 0.274 e. The van der Waals surface area contributed by atoms with Gasteiger partial charge in [0.2, 0.25) is 11.3 Å². The summed E-state index contributed by atoms with van der Waals surface area (Å²) in [6, 6.07) is 6.81. The molecule has 3 heterocycles. The Morgan fingerprint density at radius 2 is 2.00 bits per heavy atom. The number of nitrogens with one attached hydrogen (secondary N) is 1. The van der Waals surface area contributed by atoms with Crippen LogP contribution in [0, 0.1) is 18.6 Å². The topological polar surface area (TPSA) is 126 Å². The number of hydrogen-bond donors (Lipinski definition) is 2. The second-order valence-electron chi connectivity index (χ2n) is 7.13. The number of anilines is 1. The number of halogens is 2. The molecule has 0 aliphatic carbocycles. The fraction of sp³-hybridized carbons (Fsp3) is 0.190. The Labute approximate surface area is 195 Å². The zero-order chi connectivity index (χ0) is 24.2. The van der Waals surface area contributed by atoms with Crippen LogP contribution >= 0.6 is 0 Å².